The van der Waals surface area contributed by atoms with Crippen LogP contribution in [0.3, 0.4) is 0 Å². The Labute approximate surface area is 282 Å². The molecule has 1 aliphatic rings. The molecule has 1 saturated heterocycles. The number of nitrogens with zero attached hydrogens (tertiary/aromatic N) is 2. The average Bonchev–Trinajstić information content (AvgIpc) is 3.04. The van der Waals surface area contributed by atoms with Crippen LogP contribution in [0.25, 0.3) is 0 Å². The van der Waals surface area contributed by atoms with Gasteiger partial charge in [0.2, 0.25) is 5.91 Å². The van der Waals surface area contributed by atoms with Gasteiger partial charge in [0.25, 0.3) is 0 Å². The smallest absolute Gasteiger partial charge is 0.233 e. The van der Waals surface area contributed by atoms with Crippen LogP contribution in [0, 0.1) is 23.1 Å². The van der Waals surface area contributed by atoms with Crippen molar-refractivity contribution >= 4 is 19.9 Å². The molecule has 0 aliphatic carbocycles. The highest BCUT2D eigenvalue weighted by Gasteiger charge is 2.50. The molecule has 6 nitrogen and oxygen atoms in total. The Kier molecular flexibility index (Phi) is 12.3. The molecule has 1 aliphatic heterocycles. The third-order valence-electron chi connectivity index (χ3n) is 9.54. The summed E-state index contributed by atoms with van der Waals surface area (Å²) in [6, 6.07) is 21.6. The van der Waals surface area contributed by atoms with Gasteiger partial charge in [0, 0.05) is 17.3 Å². The van der Waals surface area contributed by atoms with E-state index in [2.05, 4.69) is 53.8 Å². The highest BCUT2D eigenvalue weighted by molar-refractivity contribution is 6.74. The van der Waals surface area contributed by atoms with Gasteiger partial charge in [0.05, 0.1) is 42.9 Å². The van der Waals surface area contributed by atoms with Crippen LogP contribution in [-0.4, -0.2) is 27.4 Å². The summed E-state index contributed by atoms with van der Waals surface area (Å²) >= 11 is 0. The third-order valence-corrected chi connectivity index (χ3v) is 14.0. The molecule has 0 spiro atoms. The second-order valence-electron chi connectivity index (χ2n) is 14.0. The minimum atomic E-state index is -2.20. The number of nitriles is 1. The van der Waals surface area contributed by atoms with Gasteiger partial charge in [-0.25, -0.2) is 4.39 Å². The maximum absolute atomic E-state index is 14.1. The fourth-order valence-electron chi connectivity index (χ4n) is 5.64. The van der Waals surface area contributed by atoms with E-state index < -0.39 is 8.32 Å². The maximum Gasteiger partial charge on any atom is 0.233 e. The molecule has 47 heavy (non-hydrogen) atoms. The topological polar surface area (TPSA) is 71.8 Å². The standard InChI is InChI=1S/C39H51FN2O4Si/c1-8-10-24-44-32-20-21-33(36(26-32)45-25-11-9-2)37-34(38(43)42(37)31-18-12-28(27-41)13-19-31)22-23-35(29-14-16-30(40)17-15-29)46-47(6,7)39(3,4)5/h12-21,26,34-35,37H,8-11,22-25H2,1-7H3/t34-,35+,37-/m1/s1. The molecule has 3 atom stereocenters. The van der Waals surface area contributed by atoms with Gasteiger partial charge in [-0.2, -0.15) is 5.26 Å². The minimum absolute atomic E-state index is 0.0157. The molecule has 252 valence electrons. The molecule has 3 aromatic carbocycles. The molecular formula is C39H51FN2O4Si. The number of carbonyl (C=O) groups is 1. The monoisotopic (exact) mass is 658 g/mol. The van der Waals surface area contributed by atoms with Gasteiger partial charge in [0.15, 0.2) is 8.32 Å². The Hall–Kier alpha value is -3.67. The summed E-state index contributed by atoms with van der Waals surface area (Å²) in [5.74, 6) is 0.885. The quantitative estimate of drug-likeness (QED) is 0.0870. The predicted octanol–water partition coefficient (Wildman–Crippen LogP) is 10.3. The minimum Gasteiger partial charge on any atom is -0.493 e. The van der Waals surface area contributed by atoms with Crippen molar-refractivity contribution in [1.29, 1.82) is 5.26 Å². The number of amides is 1. The normalized spacial score (nSPS) is 17.2. The molecular weight excluding hydrogens is 608 g/mol. The molecule has 0 aromatic heterocycles. The molecule has 0 radical (unpaired) electrons. The van der Waals surface area contributed by atoms with Crippen molar-refractivity contribution in [2.45, 2.75) is 103 Å². The van der Waals surface area contributed by atoms with Gasteiger partial charge >= 0.3 is 0 Å². The first-order valence-corrected chi connectivity index (χ1v) is 20.0. The first kappa shape index (κ1) is 36.2. The third kappa shape index (κ3) is 8.82. The summed E-state index contributed by atoms with van der Waals surface area (Å²) in [4.78, 5) is 15.9. The highest BCUT2D eigenvalue weighted by atomic mass is 28.4. The van der Waals surface area contributed by atoms with Crippen LogP contribution < -0.4 is 14.4 Å². The van der Waals surface area contributed by atoms with E-state index in [0.29, 0.717) is 31.6 Å². The number of anilines is 1. The summed E-state index contributed by atoms with van der Waals surface area (Å²) in [6.07, 6.45) is 4.84. The largest absolute Gasteiger partial charge is 0.493 e. The zero-order valence-electron chi connectivity index (χ0n) is 29.1. The number of ether oxygens (including phenoxy) is 2. The van der Waals surface area contributed by atoms with E-state index in [9.17, 15) is 14.4 Å². The first-order chi connectivity index (χ1) is 22.4. The zero-order valence-corrected chi connectivity index (χ0v) is 30.1. The van der Waals surface area contributed by atoms with E-state index in [1.165, 1.54) is 12.1 Å². The van der Waals surface area contributed by atoms with Crippen LogP contribution in [0.15, 0.2) is 66.7 Å². The van der Waals surface area contributed by atoms with Crippen LogP contribution in [0.2, 0.25) is 18.1 Å². The van der Waals surface area contributed by atoms with Crippen molar-refractivity contribution in [2.75, 3.05) is 18.1 Å². The number of hydrogen-bond donors (Lipinski definition) is 0. The highest BCUT2D eigenvalue weighted by Crippen LogP contribution is 2.50. The summed E-state index contributed by atoms with van der Waals surface area (Å²) in [6.45, 7) is 16.5. The van der Waals surface area contributed by atoms with E-state index in [4.69, 9.17) is 13.9 Å². The van der Waals surface area contributed by atoms with Crippen LogP contribution in [0.4, 0.5) is 10.1 Å². The van der Waals surface area contributed by atoms with E-state index in [1.807, 2.05) is 35.2 Å². The summed E-state index contributed by atoms with van der Waals surface area (Å²) in [5, 5.41) is 9.36. The number of benzene rings is 3. The molecule has 1 fully saturated rings. The van der Waals surface area contributed by atoms with Gasteiger partial charge in [-0.1, -0.05) is 59.6 Å². The Morgan fingerprint density at radius 2 is 1.57 bits per heavy atom. The van der Waals surface area contributed by atoms with Gasteiger partial charge < -0.3 is 18.8 Å². The number of rotatable bonds is 16. The molecule has 0 saturated carbocycles. The number of unbranched alkanes of at least 4 members (excludes halogenated alkanes) is 2. The lowest BCUT2D eigenvalue weighted by Crippen LogP contribution is -2.55. The number of β-lactam (4-membered cyclic amide) rings is 1. The SMILES string of the molecule is CCCCOc1ccc([C@@H]2[C@@H](CC[C@H](O[Si](C)(C)C(C)(C)C)c3ccc(F)cc3)C(=O)N2c2ccc(C#N)cc2)c(OCCCC)c1. The summed E-state index contributed by atoms with van der Waals surface area (Å²) in [7, 11) is -2.20. The van der Waals surface area contributed by atoms with E-state index in [0.717, 1.165) is 54.0 Å². The molecule has 3 aromatic rings. The van der Waals surface area contributed by atoms with Gasteiger partial charge in [0.1, 0.15) is 17.3 Å². The summed E-state index contributed by atoms with van der Waals surface area (Å²) in [5.41, 5.74) is 3.13. The van der Waals surface area contributed by atoms with E-state index in [-0.39, 0.29) is 34.8 Å². The fourth-order valence-corrected chi connectivity index (χ4v) is 6.96. The Balaban J connectivity index is 1.70. The lowest BCUT2D eigenvalue weighted by molar-refractivity contribution is -0.131. The molecule has 1 amide bonds. The van der Waals surface area contributed by atoms with Crippen molar-refractivity contribution < 1.29 is 23.1 Å². The fraction of sp³-hybridized carbons (Fsp3) is 0.487. The van der Waals surface area contributed by atoms with Crippen molar-refractivity contribution in [1.82, 2.24) is 0 Å². The lowest BCUT2D eigenvalue weighted by Gasteiger charge is -2.48. The number of halogens is 1. The average molecular weight is 659 g/mol. The molecule has 8 heteroatoms. The van der Waals surface area contributed by atoms with Crippen LogP contribution >= 0.6 is 0 Å². The predicted molar refractivity (Wildman–Crippen MR) is 189 cm³/mol. The van der Waals surface area contributed by atoms with Crippen molar-refractivity contribution in [3.63, 3.8) is 0 Å². The van der Waals surface area contributed by atoms with Gasteiger partial charge in [-0.15, -0.1) is 0 Å². The van der Waals surface area contributed by atoms with E-state index >= 15 is 0 Å². The van der Waals surface area contributed by atoms with Crippen LogP contribution in [0.1, 0.15) is 102 Å². The number of hydrogen-bond acceptors (Lipinski definition) is 5. The molecule has 0 bridgehead atoms. The van der Waals surface area contributed by atoms with Crippen molar-refractivity contribution in [3.05, 3.63) is 89.2 Å². The van der Waals surface area contributed by atoms with Crippen LogP contribution in [0.5, 0.6) is 11.5 Å². The second kappa shape index (κ2) is 15.9. The van der Waals surface area contributed by atoms with E-state index in [1.54, 1.807) is 24.3 Å². The van der Waals surface area contributed by atoms with Crippen molar-refractivity contribution in [2.24, 2.45) is 5.92 Å². The molecule has 0 N–H and O–H groups in total. The first-order valence-electron chi connectivity index (χ1n) is 17.1. The molecule has 4 rings (SSSR count). The summed E-state index contributed by atoms with van der Waals surface area (Å²) < 4.78 is 33.3. The van der Waals surface area contributed by atoms with Gasteiger partial charge in [-0.3, -0.25) is 4.79 Å². The Morgan fingerprint density at radius 1 is 0.936 bits per heavy atom. The lowest BCUT2D eigenvalue weighted by atomic mass is 9.78. The Morgan fingerprint density at radius 3 is 2.17 bits per heavy atom. The second-order valence-corrected chi connectivity index (χ2v) is 18.8. The maximum atomic E-state index is 14.1. The zero-order chi connectivity index (χ0) is 34.2. The molecule has 1 heterocycles. The Bertz CT molecular complexity index is 1510. The van der Waals surface area contributed by atoms with Crippen molar-refractivity contribution in [3.8, 4) is 17.6 Å². The molecule has 0 unspecified atom stereocenters. The van der Waals surface area contributed by atoms with Crippen LogP contribution in [-0.2, 0) is 9.22 Å². The number of carbonyl (C=O) groups excluding carboxylic acids is 1. The van der Waals surface area contributed by atoms with Gasteiger partial charge in [-0.05, 0) is 97.9 Å².